The highest BCUT2D eigenvalue weighted by Gasteiger charge is 2.14. The number of rotatable bonds is 5. The van der Waals surface area contributed by atoms with Crippen LogP contribution < -0.4 is 5.32 Å². The summed E-state index contributed by atoms with van der Waals surface area (Å²) in [7, 11) is -3.44. The second kappa shape index (κ2) is 7.41. The monoisotopic (exact) mass is 409 g/mol. The summed E-state index contributed by atoms with van der Waals surface area (Å²) < 4.78 is 36.2. The van der Waals surface area contributed by atoms with Crippen molar-refractivity contribution in [1.82, 2.24) is 20.2 Å². The van der Waals surface area contributed by atoms with Crippen LogP contribution in [0.2, 0.25) is 5.02 Å². The first-order valence-corrected chi connectivity index (χ1v) is 9.82. The summed E-state index contributed by atoms with van der Waals surface area (Å²) in [5.74, 6) is -0.677. The van der Waals surface area contributed by atoms with Gasteiger partial charge in [0.1, 0.15) is 12.4 Å². The summed E-state index contributed by atoms with van der Waals surface area (Å²) in [6, 6.07) is 9.52. The normalized spacial score (nSPS) is 11.4. The largest absolute Gasteiger partial charge is 0.323 e. The number of anilines is 1. The molecular formula is C16H13ClFN5O3S. The zero-order valence-corrected chi connectivity index (χ0v) is 15.5. The fraction of sp³-hybridized carbons (Fsp3) is 0.125. The third kappa shape index (κ3) is 4.66. The first kappa shape index (κ1) is 18.9. The average molecular weight is 410 g/mol. The van der Waals surface area contributed by atoms with Crippen molar-refractivity contribution in [2.45, 2.75) is 11.4 Å². The Bertz CT molecular complexity index is 1100. The fourth-order valence-corrected chi connectivity index (χ4v) is 2.99. The Morgan fingerprint density at radius 1 is 1.22 bits per heavy atom. The number of tetrazole rings is 1. The molecule has 0 saturated heterocycles. The van der Waals surface area contributed by atoms with Crippen molar-refractivity contribution in [3.05, 3.63) is 53.3 Å². The van der Waals surface area contributed by atoms with E-state index in [1.807, 2.05) is 0 Å². The highest BCUT2D eigenvalue weighted by molar-refractivity contribution is 7.90. The summed E-state index contributed by atoms with van der Waals surface area (Å²) in [5, 5.41) is 14.3. The number of nitrogens with zero attached hydrogens (tertiary/aromatic N) is 4. The predicted octanol–water partition coefficient (Wildman–Crippen LogP) is 2.17. The molecule has 0 radical (unpaired) electrons. The summed E-state index contributed by atoms with van der Waals surface area (Å²) in [4.78, 5) is 13.3. The molecule has 1 heterocycles. The maximum Gasteiger partial charge on any atom is 0.248 e. The zero-order valence-electron chi connectivity index (χ0n) is 13.9. The minimum Gasteiger partial charge on any atom is -0.323 e. The van der Waals surface area contributed by atoms with Gasteiger partial charge in [0.15, 0.2) is 9.84 Å². The lowest BCUT2D eigenvalue weighted by Gasteiger charge is -2.08. The molecule has 27 heavy (non-hydrogen) atoms. The van der Waals surface area contributed by atoms with E-state index in [-0.39, 0.29) is 28.0 Å². The lowest BCUT2D eigenvalue weighted by molar-refractivity contribution is -0.117. The lowest BCUT2D eigenvalue weighted by Crippen LogP contribution is -2.20. The van der Waals surface area contributed by atoms with E-state index in [4.69, 9.17) is 11.6 Å². The van der Waals surface area contributed by atoms with Crippen molar-refractivity contribution in [1.29, 1.82) is 0 Å². The molecule has 140 valence electrons. The number of benzene rings is 2. The number of amides is 1. The van der Waals surface area contributed by atoms with E-state index in [0.717, 1.165) is 11.1 Å². The van der Waals surface area contributed by atoms with Crippen LogP contribution in [-0.4, -0.2) is 40.8 Å². The number of halogens is 2. The summed E-state index contributed by atoms with van der Waals surface area (Å²) in [6.45, 7) is -0.270. The zero-order chi connectivity index (χ0) is 19.6. The third-order valence-electron chi connectivity index (χ3n) is 3.48. The Labute approximate surface area is 158 Å². The second-order valence-corrected chi connectivity index (χ2v) is 8.04. The molecule has 1 amide bonds. The summed E-state index contributed by atoms with van der Waals surface area (Å²) in [5.41, 5.74) is 0.704. The molecule has 0 aliphatic carbocycles. The highest BCUT2D eigenvalue weighted by Crippen LogP contribution is 2.25. The standard InChI is InChI=1S/C16H13ClFN5O3S/c1-27(25,26)12-6-7-13(17)14(8-12)19-15(24)9-23-21-16(20-22-23)10-2-4-11(18)5-3-10/h2-8H,9H2,1H3,(H,19,24). The van der Waals surface area contributed by atoms with Crippen LogP contribution >= 0.6 is 11.6 Å². The molecule has 3 rings (SSSR count). The SMILES string of the molecule is CS(=O)(=O)c1ccc(Cl)c(NC(=O)Cn2nnc(-c3ccc(F)cc3)n2)c1. The van der Waals surface area contributed by atoms with Crippen LogP contribution in [0, 0.1) is 5.82 Å². The molecular weight excluding hydrogens is 397 g/mol. The quantitative estimate of drug-likeness (QED) is 0.692. The first-order valence-electron chi connectivity index (χ1n) is 7.55. The van der Waals surface area contributed by atoms with Crippen LogP contribution in [0.3, 0.4) is 0 Å². The van der Waals surface area contributed by atoms with Crippen molar-refractivity contribution in [3.8, 4) is 11.4 Å². The van der Waals surface area contributed by atoms with Crippen LogP contribution in [-0.2, 0) is 21.2 Å². The van der Waals surface area contributed by atoms with Crippen LogP contribution in [0.4, 0.5) is 10.1 Å². The first-order chi connectivity index (χ1) is 12.7. The Balaban J connectivity index is 1.73. The molecule has 0 saturated carbocycles. The van der Waals surface area contributed by atoms with Crippen LogP contribution in [0.25, 0.3) is 11.4 Å². The summed E-state index contributed by atoms with van der Waals surface area (Å²) >= 11 is 6.00. The van der Waals surface area contributed by atoms with E-state index in [0.29, 0.717) is 5.56 Å². The highest BCUT2D eigenvalue weighted by atomic mass is 35.5. The van der Waals surface area contributed by atoms with Crippen molar-refractivity contribution >= 4 is 33.0 Å². The Morgan fingerprint density at radius 2 is 1.93 bits per heavy atom. The molecule has 1 aromatic heterocycles. The number of hydrogen-bond donors (Lipinski definition) is 1. The predicted molar refractivity (Wildman–Crippen MR) is 96.4 cm³/mol. The molecule has 0 bridgehead atoms. The number of sulfone groups is 1. The van der Waals surface area contributed by atoms with E-state index in [1.54, 1.807) is 0 Å². The number of carbonyl (C=O) groups is 1. The van der Waals surface area contributed by atoms with Crippen molar-refractivity contribution < 1.29 is 17.6 Å². The molecule has 1 N–H and O–H groups in total. The van der Waals surface area contributed by atoms with E-state index in [9.17, 15) is 17.6 Å². The van der Waals surface area contributed by atoms with Crippen molar-refractivity contribution in [2.75, 3.05) is 11.6 Å². The smallest absolute Gasteiger partial charge is 0.248 e. The molecule has 0 spiro atoms. The topological polar surface area (TPSA) is 107 Å². The minimum atomic E-state index is -3.44. The molecule has 2 aromatic carbocycles. The Hall–Kier alpha value is -2.85. The minimum absolute atomic E-state index is 0.0275. The fourth-order valence-electron chi connectivity index (χ4n) is 2.17. The molecule has 0 unspecified atom stereocenters. The van der Waals surface area contributed by atoms with E-state index in [2.05, 4.69) is 20.7 Å². The Morgan fingerprint density at radius 3 is 2.59 bits per heavy atom. The van der Waals surface area contributed by atoms with Gasteiger partial charge in [-0.25, -0.2) is 12.8 Å². The van der Waals surface area contributed by atoms with Gasteiger partial charge in [0.05, 0.1) is 15.6 Å². The van der Waals surface area contributed by atoms with Gasteiger partial charge in [-0.2, -0.15) is 4.80 Å². The van der Waals surface area contributed by atoms with Gasteiger partial charge in [0, 0.05) is 11.8 Å². The molecule has 0 atom stereocenters. The maximum atomic E-state index is 13.0. The van der Waals surface area contributed by atoms with Gasteiger partial charge in [-0.15, -0.1) is 10.2 Å². The second-order valence-electron chi connectivity index (χ2n) is 5.61. The molecule has 3 aromatic rings. The van der Waals surface area contributed by atoms with E-state index in [1.165, 1.54) is 42.5 Å². The molecule has 0 aliphatic rings. The van der Waals surface area contributed by atoms with Gasteiger partial charge in [0.25, 0.3) is 0 Å². The van der Waals surface area contributed by atoms with Gasteiger partial charge in [0.2, 0.25) is 11.7 Å². The molecule has 0 fully saturated rings. The molecule has 8 nitrogen and oxygen atoms in total. The number of aromatic nitrogens is 4. The average Bonchev–Trinajstić information content (AvgIpc) is 3.04. The van der Waals surface area contributed by atoms with Crippen LogP contribution in [0.15, 0.2) is 47.4 Å². The van der Waals surface area contributed by atoms with Gasteiger partial charge in [-0.1, -0.05) is 11.6 Å². The molecule has 0 aliphatic heterocycles. The molecule has 11 heteroatoms. The van der Waals surface area contributed by atoms with Gasteiger partial charge in [-0.3, -0.25) is 4.79 Å². The van der Waals surface area contributed by atoms with Crippen molar-refractivity contribution in [3.63, 3.8) is 0 Å². The van der Waals surface area contributed by atoms with E-state index >= 15 is 0 Å². The number of carbonyl (C=O) groups excluding carboxylic acids is 1. The van der Waals surface area contributed by atoms with Crippen LogP contribution in [0.5, 0.6) is 0 Å². The third-order valence-corrected chi connectivity index (χ3v) is 4.92. The lowest BCUT2D eigenvalue weighted by atomic mass is 10.2. The van der Waals surface area contributed by atoms with Gasteiger partial charge >= 0.3 is 0 Å². The number of hydrogen-bond acceptors (Lipinski definition) is 6. The summed E-state index contributed by atoms with van der Waals surface area (Å²) in [6.07, 6.45) is 1.05. The maximum absolute atomic E-state index is 13.0. The van der Waals surface area contributed by atoms with Crippen molar-refractivity contribution in [2.24, 2.45) is 0 Å². The van der Waals surface area contributed by atoms with Gasteiger partial charge < -0.3 is 5.32 Å². The Kier molecular flexibility index (Phi) is 5.19. The van der Waals surface area contributed by atoms with Gasteiger partial charge in [-0.05, 0) is 47.7 Å². The van der Waals surface area contributed by atoms with Crippen LogP contribution in [0.1, 0.15) is 0 Å². The van der Waals surface area contributed by atoms with E-state index < -0.39 is 21.6 Å². The number of nitrogens with one attached hydrogen (secondary N) is 1.